The third-order valence-corrected chi connectivity index (χ3v) is 2.15. The second-order valence-corrected chi connectivity index (χ2v) is 3.35. The smallest absolute Gasteiger partial charge is 0.220 e. The normalized spacial score (nSPS) is 11.3. The molecule has 0 aliphatic carbocycles. The van der Waals surface area contributed by atoms with Crippen LogP contribution in [0.15, 0.2) is 11.6 Å². The molecule has 0 atom stereocenters. The number of ketones is 1. The Labute approximate surface area is 94.1 Å². The summed E-state index contributed by atoms with van der Waals surface area (Å²) in [5.74, 6) is -0.0243. The van der Waals surface area contributed by atoms with Crippen LogP contribution in [-0.2, 0) is 9.59 Å². The van der Waals surface area contributed by atoms with Gasteiger partial charge >= 0.3 is 0 Å². The Balaban J connectivity index is -0.000000980. The van der Waals surface area contributed by atoms with Crippen molar-refractivity contribution in [2.75, 3.05) is 20.1 Å². The summed E-state index contributed by atoms with van der Waals surface area (Å²) in [5.41, 5.74) is 0.720. The Morgan fingerprint density at radius 2 is 1.93 bits per heavy atom. The van der Waals surface area contributed by atoms with Crippen molar-refractivity contribution >= 4 is 11.7 Å². The Hall–Kier alpha value is -1.16. The van der Waals surface area contributed by atoms with Gasteiger partial charge in [-0.25, -0.2) is 0 Å². The standard InChI is InChI=1S/C11H20N2O2.2H2/c1-4-9(2)10(14)5-6-11(15)13-8-7-12-3;;/h4,12H,5-8H2,1-3H3,(H,13,15);2*1H. The maximum atomic E-state index is 11.3. The zero-order chi connectivity index (χ0) is 11.7. The Bertz CT molecular complexity index is 256. The zero-order valence-electron chi connectivity index (χ0n) is 9.72. The maximum absolute atomic E-state index is 11.3. The van der Waals surface area contributed by atoms with E-state index in [1.807, 2.05) is 14.0 Å². The molecule has 4 heteroatoms. The maximum Gasteiger partial charge on any atom is 0.220 e. The molecule has 0 saturated carbocycles. The summed E-state index contributed by atoms with van der Waals surface area (Å²) in [6.45, 7) is 4.93. The minimum atomic E-state index is -0.0671. The molecule has 0 heterocycles. The summed E-state index contributed by atoms with van der Waals surface area (Å²) >= 11 is 0. The summed E-state index contributed by atoms with van der Waals surface area (Å²) in [7, 11) is 1.82. The summed E-state index contributed by atoms with van der Waals surface area (Å²) in [4.78, 5) is 22.6. The molecule has 0 aromatic carbocycles. The number of rotatable bonds is 7. The van der Waals surface area contributed by atoms with Gasteiger partial charge in [-0.05, 0) is 26.5 Å². The molecule has 0 aromatic rings. The molecule has 1 amide bonds. The van der Waals surface area contributed by atoms with Crippen LogP contribution in [0.3, 0.4) is 0 Å². The van der Waals surface area contributed by atoms with Crippen LogP contribution in [-0.4, -0.2) is 31.8 Å². The third kappa shape index (κ3) is 6.85. The molecule has 0 rings (SSSR count). The lowest BCUT2D eigenvalue weighted by atomic mass is 10.1. The zero-order valence-corrected chi connectivity index (χ0v) is 9.72. The van der Waals surface area contributed by atoms with E-state index in [1.165, 1.54) is 0 Å². The van der Waals surface area contributed by atoms with Crippen LogP contribution in [0.4, 0.5) is 0 Å². The van der Waals surface area contributed by atoms with E-state index in [0.717, 1.165) is 12.1 Å². The molecule has 0 bridgehead atoms. The van der Waals surface area contributed by atoms with Gasteiger partial charge in [-0.2, -0.15) is 0 Å². The predicted octanol–water partition coefficient (Wildman–Crippen LogP) is 1.13. The molecular formula is C11H24N2O2. The number of carbonyl (C=O) groups is 2. The SMILES string of the molecule is CC=C(C)C(=O)CCC(=O)NCCNC.[HH].[HH]. The number of carbonyl (C=O) groups excluding carboxylic acids is 2. The van der Waals surface area contributed by atoms with Crippen molar-refractivity contribution in [2.45, 2.75) is 26.7 Å². The average molecular weight is 216 g/mol. The van der Waals surface area contributed by atoms with Gasteiger partial charge in [0.15, 0.2) is 5.78 Å². The molecule has 0 aliphatic rings. The molecule has 0 unspecified atom stereocenters. The number of allylic oxidation sites excluding steroid dienone is 2. The van der Waals surface area contributed by atoms with E-state index in [4.69, 9.17) is 0 Å². The number of Topliss-reactive ketones (excluding diaryl/α,β-unsaturated/α-hetero) is 1. The van der Waals surface area contributed by atoms with Crippen molar-refractivity contribution in [3.8, 4) is 0 Å². The molecule has 4 nitrogen and oxygen atoms in total. The topological polar surface area (TPSA) is 58.2 Å². The molecular weight excluding hydrogens is 192 g/mol. The fourth-order valence-corrected chi connectivity index (χ4v) is 1.00. The monoisotopic (exact) mass is 216 g/mol. The van der Waals surface area contributed by atoms with E-state index in [9.17, 15) is 9.59 Å². The van der Waals surface area contributed by atoms with Gasteiger partial charge in [-0.3, -0.25) is 9.59 Å². The fourth-order valence-electron chi connectivity index (χ4n) is 1.00. The molecule has 0 radical (unpaired) electrons. The van der Waals surface area contributed by atoms with Crippen molar-refractivity contribution in [1.29, 1.82) is 0 Å². The number of hydrogen-bond donors (Lipinski definition) is 2. The van der Waals surface area contributed by atoms with Crippen molar-refractivity contribution < 1.29 is 12.4 Å². The highest BCUT2D eigenvalue weighted by Crippen LogP contribution is 2.01. The van der Waals surface area contributed by atoms with E-state index < -0.39 is 0 Å². The van der Waals surface area contributed by atoms with E-state index in [0.29, 0.717) is 13.0 Å². The van der Waals surface area contributed by atoms with Gasteiger partial charge < -0.3 is 10.6 Å². The predicted molar refractivity (Wildman–Crippen MR) is 64.8 cm³/mol. The quantitative estimate of drug-likeness (QED) is 0.495. The average Bonchev–Trinajstić information content (AvgIpc) is 2.25. The van der Waals surface area contributed by atoms with Crippen LogP contribution < -0.4 is 10.6 Å². The molecule has 2 N–H and O–H groups in total. The number of nitrogens with one attached hydrogen (secondary N) is 2. The highest BCUT2D eigenvalue weighted by atomic mass is 16.2. The van der Waals surface area contributed by atoms with Crippen LogP contribution in [0.25, 0.3) is 0 Å². The first-order valence-corrected chi connectivity index (χ1v) is 5.19. The highest BCUT2D eigenvalue weighted by Gasteiger charge is 2.07. The lowest BCUT2D eigenvalue weighted by Crippen LogP contribution is -2.30. The number of hydrogen-bond acceptors (Lipinski definition) is 3. The fraction of sp³-hybridized carbons (Fsp3) is 0.636. The number of likely N-dealkylation sites (N-methyl/N-ethyl adjacent to an activating group) is 1. The summed E-state index contributed by atoms with van der Waals surface area (Å²) < 4.78 is 0. The molecule has 15 heavy (non-hydrogen) atoms. The Kier molecular flexibility index (Phi) is 7.54. The van der Waals surface area contributed by atoms with E-state index >= 15 is 0 Å². The highest BCUT2D eigenvalue weighted by molar-refractivity contribution is 5.96. The van der Waals surface area contributed by atoms with Gasteiger partial charge in [0.2, 0.25) is 5.91 Å². The van der Waals surface area contributed by atoms with Crippen molar-refractivity contribution in [2.24, 2.45) is 0 Å². The summed E-state index contributed by atoms with van der Waals surface area (Å²) in [6.07, 6.45) is 2.33. The first-order valence-electron chi connectivity index (χ1n) is 5.19. The van der Waals surface area contributed by atoms with Gasteiger partial charge in [-0.15, -0.1) is 0 Å². The van der Waals surface area contributed by atoms with Gasteiger partial charge in [-0.1, -0.05) is 6.08 Å². The molecule has 90 valence electrons. The van der Waals surface area contributed by atoms with Crippen LogP contribution >= 0.6 is 0 Å². The Morgan fingerprint density at radius 3 is 2.47 bits per heavy atom. The molecule has 0 aliphatic heterocycles. The molecule has 0 saturated heterocycles. The largest absolute Gasteiger partial charge is 0.355 e. The van der Waals surface area contributed by atoms with Crippen LogP contribution in [0.2, 0.25) is 0 Å². The third-order valence-electron chi connectivity index (χ3n) is 2.15. The minimum Gasteiger partial charge on any atom is -0.355 e. The van der Waals surface area contributed by atoms with Gasteiger partial charge in [0, 0.05) is 28.8 Å². The van der Waals surface area contributed by atoms with E-state index in [-0.39, 0.29) is 21.0 Å². The van der Waals surface area contributed by atoms with Gasteiger partial charge in [0.05, 0.1) is 0 Å². The van der Waals surface area contributed by atoms with Gasteiger partial charge in [0.25, 0.3) is 0 Å². The van der Waals surface area contributed by atoms with Crippen molar-refractivity contribution in [3.63, 3.8) is 0 Å². The molecule has 0 fully saturated rings. The van der Waals surface area contributed by atoms with Crippen LogP contribution in [0.5, 0.6) is 0 Å². The first kappa shape index (κ1) is 13.8. The second kappa shape index (κ2) is 8.17. The number of amides is 1. The molecule has 0 aromatic heterocycles. The Morgan fingerprint density at radius 1 is 1.27 bits per heavy atom. The molecule has 0 spiro atoms. The second-order valence-electron chi connectivity index (χ2n) is 3.35. The van der Waals surface area contributed by atoms with Crippen LogP contribution in [0.1, 0.15) is 29.5 Å². The van der Waals surface area contributed by atoms with E-state index in [1.54, 1.807) is 13.0 Å². The lowest BCUT2D eigenvalue weighted by molar-refractivity contribution is -0.124. The lowest BCUT2D eigenvalue weighted by Gasteiger charge is -2.04. The van der Waals surface area contributed by atoms with Gasteiger partial charge in [0.1, 0.15) is 0 Å². The minimum absolute atomic E-state index is 0. The van der Waals surface area contributed by atoms with Crippen molar-refractivity contribution in [3.05, 3.63) is 11.6 Å². The van der Waals surface area contributed by atoms with E-state index in [2.05, 4.69) is 10.6 Å². The summed E-state index contributed by atoms with van der Waals surface area (Å²) in [6, 6.07) is 0. The first-order chi connectivity index (χ1) is 7.11. The van der Waals surface area contributed by atoms with Crippen LogP contribution in [0, 0.1) is 0 Å². The summed E-state index contributed by atoms with van der Waals surface area (Å²) in [5, 5.41) is 5.65. The van der Waals surface area contributed by atoms with Crippen molar-refractivity contribution in [1.82, 2.24) is 10.6 Å².